The van der Waals surface area contributed by atoms with Crippen LogP contribution in [0, 0.1) is 0 Å². The molecule has 0 radical (unpaired) electrons. The van der Waals surface area contributed by atoms with Crippen LogP contribution in [0.4, 0.5) is 0 Å². The first kappa shape index (κ1) is 34.7. The lowest BCUT2D eigenvalue weighted by Gasteiger charge is -2.38. The van der Waals surface area contributed by atoms with Gasteiger partial charge in [0, 0.05) is 75.6 Å². The average molecular weight is 627 g/mol. The second kappa shape index (κ2) is 14.1. The van der Waals surface area contributed by atoms with Crippen LogP contribution < -0.4 is 9.47 Å². The Morgan fingerprint density at radius 3 is 1.87 bits per heavy atom. The quantitative estimate of drug-likeness (QED) is 0.278. The fraction of sp³-hybridized carbons (Fsp3) is 0.600. The van der Waals surface area contributed by atoms with Crippen molar-refractivity contribution in [1.29, 1.82) is 0 Å². The van der Waals surface area contributed by atoms with E-state index in [0.717, 1.165) is 40.2 Å². The summed E-state index contributed by atoms with van der Waals surface area (Å²) in [5.41, 5.74) is 3.21. The summed E-state index contributed by atoms with van der Waals surface area (Å²) in [7, 11) is 1.40. The number of esters is 2. The Morgan fingerprint density at radius 1 is 0.844 bits per heavy atom. The average Bonchev–Trinajstić information content (AvgIpc) is 2.94. The van der Waals surface area contributed by atoms with Gasteiger partial charge in [0.15, 0.2) is 0 Å². The summed E-state index contributed by atoms with van der Waals surface area (Å²) in [6.07, 6.45) is 0.719. The summed E-state index contributed by atoms with van der Waals surface area (Å²) in [6.45, 7) is 17.6. The Labute approximate surface area is 267 Å². The molecule has 10 nitrogen and oxygen atoms in total. The lowest BCUT2D eigenvalue weighted by atomic mass is 10.0. The van der Waals surface area contributed by atoms with Gasteiger partial charge < -0.3 is 28.4 Å². The van der Waals surface area contributed by atoms with Gasteiger partial charge in [-0.25, -0.2) is 0 Å². The molecule has 1 atom stereocenters. The Hall–Kier alpha value is -3.18. The number of hydrogen-bond donors (Lipinski definition) is 0. The van der Waals surface area contributed by atoms with Gasteiger partial charge in [-0.1, -0.05) is 43.3 Å². The van der Waals surface area contributed by atoms with Gasteiger partial charge in [-0.3, -0.25) is 19.4 Å². The summed E-state index contributed by atoms with van der Waals surface area (Å²) in [4.78, 5) is 30.1. The van der Waals surface area contributed by atoms with Crippen molar-refractivity contribution in [3.05, 3.63) is 58.7 Å². The van der Waals surface area contributed by atoms with Crippen molar-refractivity contribution in [2.24, 2.45) is 0 Å². The molecule has 0 saturated carbocycles. The molecule has 2 aromatic carbocycles. The molecule has 0 N–H and O–H groups in total. The normalized spacial score (nSPS) is 17.5. The molecule has 10 heteroatoms. The maximum atomic E-state index is 13.2. The van der Waals surface area contributed by atoms with E-state index >= 15 is 0 Å². The predicted octanol–water partition coefficient (Wildman–Crippen LogP) is 5.57. The van der Waals surface area contributed by atoms with E-state index in [1.807, 2.05) is 84.9 Å². The SMILES string of the molecule is CCC(CN(CC(=O)OC(C)(C)C)Cc1cccc2c1OC(C)(C)OC2)N(CC(=O)OC)Cc1cccc2c1OC(C)(C)OC2. The van der Waals surface area contributed by atoms with Crippen molar-refractivity contribution in [3.63, 3.8) is 0 Å². The highest BCUT2D eigenvalue weighted by Crippen LogP contribution is 2.37. The van der Waals surface area contributed by atoms with Crippen LogP contribution in [0.3, 0.4) is 0 Å². The van der Waals surface area contributed by atoms with E-state index in [1.54, 1.807) is 0 Å². The van der Waals surface area contributed by atoms with Gasteiger partial charge in [-0.15, -0.1) is 0 Å². The van der Waals surface area contributed by atoms with Gasteiger partial charge in [0.1, 0.15) is 17.1 Å². The van der Waals surface area contributed by atoms with E-state index < -0.39 is 17.2 Å². The number of hydrogen-bond acceptors (Lipinski definition) is 10. The third-order valence-electron chi connectivity index (χ3n) is 7.76. The number of benzene rings is 2. The first-order valence-electron chi connectivity index (χ1n) is 15.7. The molecular weight excluding hydrogens is 576 g/mol. The lowest BCUT2D eigenvalue weighted by Crippen LogP contribution is -2.47. The predicted molar refractivity (Wildman–Crippen MR) is 170 cm³/mol. The molecule has 2 heterocycles. The maximum Gasteiger partial charge on any atom is 0.320 e. The zero-order chi connectivity index (χ0) is 33.0. The van der Waals surface area contributed by atoms with Crippen LogP contribution in [0.15, 0.2) is 36.4 Å². The fourth-order valence-corrected chi connectivity index (χ4v) is 5.61. The van der Waals surface area contributed by atoms with Crippen LogP contribution in [0.25, 0.3) is 0 Å². The summed E-state index contributed by atoms with van der Waals surface area (Å²) >= 11 is 0. The number of para-hydroxylation sites is 2. The van der Waals surface area contributed by atoms with E-state index in [0.29, 0.717) is 32.8 Å². The number of carbonyl (C=O) groups is 2. The molecule has 0 aromatic heterocycles. The minimum absolute atomic E-state index is 0.0682. The van der Waals surface area contributed by atoms with Crippen molar-refractivity contribution in [1.82, 2.24) is 9.80 Å². The molecule has 45 heavy (non-hydrogen) atoms. The van der Waals surface area contributed by atoms with E-state index in [-0.39, 0.29) is 31.1 Å². The smallest absolute Gasteiger partial charge is 0.320 e. The second-order valence-corrected chi connectivity index (χ2v) is 13.7. The first-order valence-corrected chi connectivity index (χ1v) is 15.7. The number of methoxy groups -OCH3 is 1. The number of rotatable bonds is 12. The second-order valence-electron chi connectivity index (χ2n) is 13.7. The van der Waals surface area contributed by atoms with Crippen LogP contribution in [0.2, 0.25) is 0 Å². The Kier molecular flexibility index (Phi) is 10.8. The topological polar surface area (TPSA) is 96.0 Å². The number of fused-ring (bicyclic) bond motifs is 2. The van der Waals surface area contributed by atoms with Gasteiger partial charge in [0.2, 0.25) is 11.6 Å². The first-order chi connectivity index (χ1) is 21.1. The van der Waals surface area contributed by atoms with Crippen LogP contribution in [-0.2, 0) is 54.8 Å². The Morgan fingerprint density at radius 2 is 1.38 bits per heavy atom. The highest BCUT2D eigenvalue weighted by molar-refractivity contribution is 5.72. The fourth-order valence-electron chi connectivity index (χ4n) is 5.61. The van der Waals surface area contributed by atoms with Gasteiger partial charge in [-0.2, -0.15) is 0 Å². The molecule has 0 aliphatic carbocycles. The Balaban J connectivity index is 1.65. The highest BCUT2D eigenvalue weighted by Gasteiger charge is 2.33. The molecule has 2 aliphatic heterocycles. The van der Waals surface area contributed by atoms with Gasteiger partial charge in [-0.05, 0) is 27.2 Å². The lowest BCUT2D eigenvalue weighted by molar-refractivity contribution is -0.181. The molecule has 2 aliphatic rings. The van der Waals surface area contributed by atoms with Crippen LogP contribution in [0.1, 0.15) is 84.1 Å². The van der Waals surface area contributed by atoms with E-state index in [4.69, 9.17) is 28.4 Å². The van der Waals surface area contributed by atoms with Crippen LogP contribution in [-0.4, -0.2) is 71.7 Å². The van der Waals surface area contributed by atoms with Gasteiger partial charge in [0.05, 0.1) is 33.4 Å². The molecule has 4 rings (SSSR count). The van der Waals surface area contributed by atoms with Crippen LogP contribution in [0.5, 0.6) is 11.5 Å². The Bertz CT molecular complexity index is 1350. The van der Waals surface area contributed by atoms with E-state index in [1.165, 1.54) is 7.11 Å². The zero-order valence-electron chi connectivity index (χ0n) is 28.4. The summed E-state index contributed by atoms with van der Waals surface area (Å²) < 4.78 is 35.1. The van der Waals surface area contributed by atoms with Crippen LogP contribution >= 0.6 is 0 Å². The highest BCUT2D eigenvalue weighted by atomic mass is 16.7. The molecule has 0 saturated heterocycles. The molecule has 0 bridgehead atoms. The van der Waals surface area contributed by atoms with Crippen molar-refractivity contribution in [2.75, 3.05) is 26.7 Å². The molecule has 2 aromatic rings. The van der Waals surface area contributed by atoms with E-state index in [2.05, 4.69) is 16.7 Å². The molecule has 0 fully saturated rings. The molecule has 0 spiro atoms. The van der Waals surface area contributed by atoms with Crippen molar-refractivity contribution in [3.8, 4) is 11.5 Å². The summed E-state index contributed by atoms with van der Waals surface area (Å²) in [6, 6.07) is 11.9. The maximum absolute atomic E-state index is 13.2. The minimum Gasteiger partial charge on any atom is -0.468 e. The third kappa shape index (κ3) is 9.66. The summed E-state index contributed by atoms with van der Waals surface area (Å²) in [5.74, 6) is -0.629. The molecule has 248 valence electrons. The minimum atomic E-state index is -0.765. The van der Waals surface area contributed by atoms with E-state index in [9.17, 15) is 9.59 Å². The molecule has 1 unspecified atom stereocenters. The van der Waals surface area contributed by atoms with Gasteiger partial charge in [0.25, 0.3) is 0 Å². The monoisotopic (exact) mass is 626 g/mol. The number of carbonyl (C=O) groups excluding carboxylic acids is 2. The summed E-state index contributed by atoms with van der Waals surface area (Å²) in [5, 5.41) is 0. The zero-order valence-corrected chi connectivity index (χ0v) is 28.4. The third-order valence-corrected chi connectivity index (χ3v) is 7.76. The van der Waals surface area contributed by atoms with Gasteiger partial charge >= 0.3 is 11.9 Å². The number of nitrogens with zero attached hydrogens (tertiary/aromatic N) is 2. The standard InChI is InChI=1S/C35H50N2O8/c1-10-28(37(21-29(38)40-9)18-25-14-12-16-27-23-42-35(7,8)45-32(25)27)19-36(20-30(39)43-33(2,3)4)17-24-13-11-15-26-22-41-34(5,6)44-31(24)26/h11-16,28H,10,17-23H2,1-9H3. The van der Waals surface area contributed by atoms with Crippen molar-refractivity contribution >= 4 is 11.9 Å². The number of ether oxygens (including phenoxy) is 6. The molecule has 0 amide bonds. The largest absolute Gasteiger partial charge is 0.468 e. The van der Waals surface area contributed by atoms with Crippen molar-refractivity contribution in [2.45, 2.75) is 111 Å². The van der Waals surface area contributed by atoms with Crippen molar-refractivity contribution < 1.29 is 38.0 Å². The molecular formula is C35H50N2O8.